The standard InChI is InChI=1S/C28H36N6O8/c1-17(28(41)42-16-19-10-6-3-7-11-19)32-27(40)21(12-18-8-4-2-5-9-18)33-24(37)14-31-26(39)22(13-23(30)36)34-25(38)20(29)15-35/h2-11,17,20-22,35H,12-16,29H2,1H3,(H2,30,36)(H,31,39)(H,32,40)(H,33,37)(H,34,38)/t17-,20-,21-,22-/m0/s1. The molecule has 9 N–H and O–H groups in total. The van der Waals surface area contributed by atoms with E-state index in [1.165, 1.54) is 6.92 Å². The fraction of sp³-hybridized carbons (Fsp3) is 0.357. The number of ether oxygens (including phenoxy) is 1. The third-order valence-electron chi connectivity index (χ3n) is 5.87. The lowest BCUT2D eigenvalue weighted by Gasteiger charge is -2.22. The highest BCUT2D eigenvalue weighted by molar-refractivity contribution is 5.95. The molecule has 0 unspecified atom stereocenters. The maximum absolute atomic E-state index is 13.1. The minimum atomic E-state index is -1.45. The lowest BCUT2D eigenvalue weighted by Crippen LogP contribution is -2.56. The Morgan fingerprint density at radius 2 is 1.40 bits per heavy atom. The smallest absolute Gasteiger partial charge is 0.328 e. The Morgan fingerprint density at radius 3 is 1.98 bits per heavy atom. The number of rotatable bonds is 16. The van der Waals surface area contributed by atoms with Gasteiger partial charge in [-0.1, -0.05) is 60.7 Å². The van der Waals surface area contributed by atoms with Crippen molar-refractivity contribution in [2.24, 2.45) is 11.5 Å². The minimum Gasteiger partial charge on any atom is -0.459 e. The molecule has 0 aromatic heterocycles. The van der Waals surface area contributed by atoms with Gasteiger partial charge >= 0.3 is 5.97 Å². The lowest BCUT2D eigenvalue weighted by atomic mass is 10.0. The Balaban J connectivity index is 2.01. The maximum atomic E-state index is 13.1. The van der Waals surface area contributed by atoms with Crippen molar-refractivity contribution in [3.63, 3.8) is 0 Å². The second-order valence-electron chi connectivity index (χ2n) is 9.37. The highest BCUT2D eigenvalue weighted by atomic mass is 16.5. The van der Waals surface area contributed by atoms with Gasteiger partial charge in [0.1, 0.15) is 30.8 Å². The van der Waals surface area contributed by atoms with Gasteiger partial charge in [0.15, 0.2) is 0 Å². The summed E-state index contributed by atoms with van der Waals surface area (Å²) < 4.78 is 5.26. The summed E-state index contributed by atoms with van der Waals surface area (Å²) >= 11 is 0. The fourth-order valence-electron chi connectivity index (χ4n) is 3.59. The molecule has 0 aliphatic heterocycles. The molecule has 14 heteroatoms. The van der Waals surface area contributed by atoms with Crippen LogP contribution in [0.1, 0.15) is 24.5 Å². The van der Waals surface area contributed by atoms with Gasteiger partial charge in [-0.05, 0) is 18.1 Å². The molecule has 42 heavy (non-hydrogen) atoms. The predicted octanol–water partition coefficient (Wildman–Crippen LogP) is -2.24. The van der Waals surface area contributed by atoms with Crippen LogP contribution in [-0.2, 0) is 46.5 Å². The number of aliphatic hydroxyl groups excluding tert-OH is 1. The Labute approximate surface area is 242 Å². The Morgan fingerprint density at radius 1 is 0.810 bits per heavy atom. The van der Waals surface area contributed by atoms with Crippen LogP contribution in [0.2, 0.25) is 0 Å². The number of carbonyl (C=O) groups is 6. The highest BCUT2D eigenvalue weighted by Gasteiger charge is 2.28. The zero-order valence-corrected chi connectivity index (χ0v) is 23.1. The third kappa shape index (κ3) is 11.7. The Bertz CT molecular complexity index is 1230. The van der Waals surface area contributed by atoms with Crippen LogP contribution in [0.15, 0.2) is 60.7 Å². The van der Waals surface area contributed by atoms with Crippen LogP contribution in [-0.4, -0.2) is 77.9 Å². The molecule has 2 aromatic rings. The predicted molar refractivity (Wildman–Crippen MR) is 150 cm³/mol. The summed E-state index contributed by atoms with van der Waals surface area (Å²) in [4.78, 5) is 74.2. The van der Waals surface area contributed by atoms with Crippen molar-refractivity contribution in [3.05, 3.63) is 71.8 Å². The van der Waals surface area contributed by atoms with Crippen molar-refractivity contribution in [2.75, 3.05) is 13.2 Å². The first-order chi connectivity index (χ1) is 20.0. The molecule has 0 fully saturated rings. The first-order valence-corrected chi connectivity index (χ1v) is 13.1. The van der Waals surface area contributed by atoms with Crippen molar-refractivity contribution in [3.8, 4) is 0 Å². The van der Waals surface area contributed by atoms with Gasteiger partial charge < -0.3 is 42.6 Å². The zero-order valence-electron chi connectivity index (χ0n) is 23.1. The van der Waals surface area contributed by atoms with Gasteiger partial charge in [0.05, 0.1) is 19.6 Å². The van der Waals surface area contributed by atoms with E-state index in [0.29, 0.717) is 5.56 Å². The SMILES string of the molecule is C[C@H](NC(=O)[C@H](Cc1ccccc1)NC(=O)CNC(=O)[C@H](CC(N)=O)NC(=O)[C@@H](N)CO)C(=O)OCc1ccccc1. The van der Waals surface area contributed by atoms with E-state index in [2.05, 4.69) is 21.3 Å². The topological polar surface area (TPSA) is 232 Å². The molecule has 5 amide bonds. The van der Waals surface area contributed by atoms with Gasteiger partial charge in [-0.2, -0.15) is 0 Å². The van der Waals surface area contributed by atoms with Gasteiger partial charge in [-0.15, -0.1) is 0 Å². The number of hydrogen-bond donors (Lipinski definition) is 7. The van der Waals surface area contributed by atoms with Crippen molar-refractivity contribution in [2.45, 2.75) is 50.5 Å². The number of amides is 5. The monoisotopic (exact) mass is 584 g/mol. The molecular weight excluding hydrogens is 548 g/mol. The van der Waals surface area contributed by atoms with Gasteiger partial charge in [0, 0.05) is 6.42 Å². The molecule has 2 aromatic carbocycles. The molecule has 0 saturated carbocycles. The molecule has 0 heterocycles. The van der Waals surface area contributed by atoms with Crippen molar-refractivity contribution >= 4 is 35.5 Å². The average Bonchev–Trinajstić information content (AvgIpc) is 2.98. The van der Waals surface area contributed by atoms with Gasteiger partial charge in [-0.25, -0.2) is 4.79 Å². The molecular formula is C28H36N6O8. The van der Waals surface area contributed by atoms with Crippen LogP contribution >= 0.6 is 0 Å². The minimum absolute atomic E-state index is 0.0207. The Hall–Kier alpha value is -4.82. The van der Waals surface area contributed by atoms with E-state index in [-0.39, 0.29) is 13.0 Å². The van der Waals surface area contributed by atoms with Crippen LogP contribution in [0.3, 0.4) is 0 Å². The summed E-state index contributed by atoms with van der Waals surface area (Å²) in [6, 6.07) is 12.8. The van der Waals surface area contributed by atoms with Crippen LogP contribution in [0.4, 0.5) is 0 Å². The first-order valence-electron chi connectivity index (χ1n) is 13.1. The first kappa shape index (κ1) is 33.4. The number of nitrogens with two attached hydrogens (primary N) is 2. The lowest BCUT2D eigenvalue weighted by molar-refractivity contribution is -0.148. The number of carbonyl (C=O) groups excluding carboxylic acids is 6. The second-order valence-corrected chi connectivity index (χ2v) is 9.37. The van der Waals surface area contributed by atoms with E-state index in [1.807, 2.05) is 6.07 Å². The van der Waals surface area contributed by atoms with Crippen molar-refractivity contribution < 1.29 is 38.6 Å². The zero-order chi connectivity index (χ0) is 31.1. The summed E-state index contributed by atoms with van der Waals surface area (Å²) in [5.41, 5.74) is 12.1. The molecule has 0 radical (unpaired) electrons. The summed E-state index contributed by atoms with van der Waals surface area (Å²) in [6.45, 7) is 0.145. The van der Waals surface area contributed by atoms with Crippen LogP contribution < -0.4 is 32.7 Å². The molecule has 226 valence electrons. The molecule has 0 bridgehead atoms. The van der Waals surface area contributed by atoms with E-state index in [1.54, 1.807) is 54.6 Å². The van der Waals surface area contributed by atoms with Crippen LogP contribution in [0.25, 0.3) is 0 Å². The van der Waals surface area contributed by atoms with E-state index in [0.717, 1.165) is 5.56 Å². The summed E-state index contributed by atoms with van der Waals surface area (Å²) in [7, 11) is 0. The van der Waals surface area contributed by atoms with Gasteiger partial charge in [0.2, 0.25) is 29.5 Å². The normalized spacial score (nSPS) is 13.4. The summed E-state index contributed by atoms with van der Waals surface area (Å²) in [5.74, 6) is -4.84. The van der Waals surface area contributed by atoms with Crippen molar-refractivity contribution in [1.82, 2.24) is 21.3 Å². The number of primary amides is 1. The van der Waals surface area contributed by atoms with E-state index in [4.69, 9.17) is 21.3 Å². The van der Waals surface area contributed by atoms with E-state index < -0.39 is 79.2 Å². The molecule has 0 aliphatic rings. The molecule has 0 spiro atoms. The Kier molecular flexibility index (Phi) is 13.6. The van der Waals surface area contributed by atoms with E-state index in [9.17, 15) is 28.8 Å². The number of aliphatic hydroxyl groups is 1. The second kappa shape index (κ2) is 17.1. The molecule has 4 atom stereocenters. The average molecular weight is 585 g/mol. The summed E-state index contributed by atoms with van der Waals surface area (Å²) in [5, 5.41) is 18.5. The van der Waals surface area contributed by atoms with Crippen molar-refractivity contribution in [1.29, 1.82) is 0 Å². The number of nitrogens with one attached hydrogen (secondary N) is 4. The maximum Gasteiger partial charge on any atom is 0.328 e. The highest BCUT2D eigenvalue weighted by Crippen LogP contribution is 2.06. The molecule has 2 rings (SSSR count). The fourth-order valence-corrected chi connectivity index (χ4v) is 3.59. The number of benzene rings is 2. The molecule has 14 nitrogen and oxygen atoms in total. The van der Waals surface area contributed by atoms with Gasteiger partial charge in [0.25, 0.3) is 0 Å². The molecule has 0 aliphatic carbocycles. The number of hydrogen-bond acceptors (Lipinski definition) is 9. The van der Waals surface area contributed by atoms with Gasteiger partial charge in [-0.3, -0.25) is 24.0 Å². The largest absolute Gasteiger partial charge is 0.459 e. The third-order valence-corrected chi connectivity index (χ3v) is 5.87. The van der Waals surface area contributed by atoms with E-state index >= 15 is 0 Å². The molecule has 0 saturated heterocycles. The van der Waals surface area contributed by atoms with Crippen LogP contribution in [0, 0.1) is 0 Å². The summed E-state index contributed by atoms with van der Waals surface area (Å²) in [6.07, 6.45) is -0.522. The quantitative estimate of drug-likeness (QED) is 0.106. The number of esters is 1. The van der Waals surface area contributed by atoms with Crippen LogP contribution in [0.5, 0.6) is 0 Å².